The lowest BCUT2D eigenvalue weighted by Crippen LogP contribution is -2.26. The number of nitrogens with one attached hydrogen (secondary N) is 1. The van der Waals surface area contributed by atoms with Crippen LogP contribution in [0, 0.1) is 0 Å². The van der Waals surface area contributed by atoms with Crippen molar-refractivity contribution < 1.29 is 4.79 Å². The molecule has 1 aliphatic heterocycles. The highest BCUT2D eigenvalue weighted by Crippen LogP contribution is 2.14. The lowest BCUT2D eigenvalue weighted by Gasteiger charge is -2.07. The summed E-state index contributed by atoms with van der Waals surface area (Å²) in [6, 6.07) is 10.1. The second-order valence-corrected chi connectivity index (χ2v) is 6.91. The Morgan fingerprint density at radius 3 is 2.89 bits per heavy atom. The van der Waals surface area contributed by atoms with Gasteiger partial charge in [0, 0.05) is 32.1 Å². The van der Waals surface area contributed by atoms with E-state index in [2.05, 4.69) is 25.2 Å². The lowest BCUT2D eigenvalue weighted by molar-refractivity contribution is 0.0954. The molecule has 7 nitrogen and oxygen atoms in total. The first kappa shape index (κ1) is 17.5. The first-order chi connectivity index (χ1) is 13.3. The number of fused-ring (bicyclic) bond motifs is 1. The third-order valence-electron chi connectivity index (χ3n) is 4.90. The Morgan fingerprint density at radius 1 is 1.11 bits per heavy atom. The van der Waals surface area contributed by atoms with Crippen molar-refractivity contribution in [3.63, 3.8) is 0 Å². The van der Waals surface area contributed by atoms with Crippen LogP contribution in [0.4, 0.5) is 0 Å². The summed E-state index contributed by atoms with van der Waals surface area (Å²) in [6.45, 7) is 2.18. The van der Waals surface area contributed by atoms with Crippen molar-refractivity contribution in [1.29, 1.82) is 0 Å². The highest BCUT2D eigenvalue weighted by molar-refractivity contribution is 5.93. The summed E-state index contributed by atoms with van der Waals surface area (Å²) in [6.07, 6.45) is 8.68. The molecule has 0 atom stereocenters. The van der Waals surface area contributed by atoms with Crippen molar-refractivity contribution in [2.75, 3.05) is 6.54 Å². The molecule has 3 heterocycles. The van der Waals surface area contributed by atoms with Gasteiger partial charge in [0.2, 0.25) is 0 Å². The molecule has 0 spiro atoms. The molecule has 0 unspecified atom stereocenters. The van der Waals surface area contributed by atoms with Gasteiger partial charge >= 0.3 is 0 Å². The number of amides is 1. The highest BCUT2D eigenvalue weighted by atomic mass is 16.1. The van der Waals surface area contributed by atoms with Crippen molar-refractivity contribution in [3.05, 3.63) is 65.5 Å². The zero-order valence-electron chi connectivity index (χ0n) is 15.3. The zero-order chi connectivity index (χ0) is 18.5. The number of aryl methyl sites for hydroxylation is 1. The Morgan fingerprint density at radius 2 is 2.00 bits per heavy atom. The summed E-state index contributed by atoms with van der Waals surface area (Å²) in [5.41, 5.74) is 1.73. The van der Waals surface area contributed by atoms with Gasteiger partial charge in [-0.2, -0.15) is 5.10 Å². The molecule has 3 aromatic rings. The fourth-order valence-corrected chi connectivity index (χ4v) is 3.46. The third kappa shape index (κ3) is 4.24. The Bertz CT molecular complexity index is 898. The predicted molar refractivity (Wildman–Crippen MR) is 101 cm³/mol. The minimum Gasteiger partial charge on any atom is -0.351 e. The van der Waals surface area contributed by atoms with E-state index >= 15 is 0 Å². The normalized spacial score (nSPS) is 13.8. The number of carbonyl (C=O) groups excluding carboxylic acids is 1. The van der Waals surface area contributed by atoms with Gasteiger partial charge in [0.05, 0.1) is 18.3 Å². The van der Waals surface area contributed by atoms with Crippen LogP contribution in [0.5, 0.6) is 0 Å². The summed E-state index contributed by atoms with van der Waals surface area (Å²) in [5.74, 6) is 1.94. The van der Waals surface area contributed by atoms with E-state index in [0.29, 0.717) is 25.1 Å². The number of hydrogen-bond acceptors (Lipinski definition) is 4. The number of hydrogen-bond donors (Lipinski definition) is 1. The van der Waals surface area contributed by atoms with E-state index in [-0.39, 0.29) is 5.91 Å². The third-order valence-corrected chi connectivity index (χ3v) is 4.90. The molecule has 27 heavy (non-hydrogen) atoms. The van der Waals surface area contributed by atoms with E-state index in [4.69, 9.17) is 0 Å². The van der Waals surface area contributed by atoms with Crippen molar-refractivity contribution in [2.24, 2.45) is 0 Å². The molecular formula is C20H24N6O. The summed E-state index contributed by atoms with van der Waals surface area (Å²) >= 11 is 0. The lowest BCUT2D eigenvalue weighted by atomic mass is 10.2. The molecule has 0 radical (unpaired) electrons. The van der Waals surface area contributed by atoms with Crippen LogP contribution >= 0.6 is 0 Å². The minimum absolute atomic E-state index is 0.107. The van der Waals surface area contributed by atoms with Crippen LogP contribution in [-0.4, -0.2) is 37.0 Å². The average Bonchev–Trinajstić information content (AvgIpc) is 3.23. The summed E-state index contributed by atoms with van der Waals surface area (Å²) in [4.78, 5) is 12.4. The highest BCUT2D eigenvalue weighted by Gasteiger charge is 2.15. The van der Waals surface area contributed by atoms with E-state index < -0.39 is 0 Å². The standard InChI is InChI=1S/C20H24N6O/c27-20(17-13-22-25(15-17)14-16-7-3-1-4-8-16)21-11-10-19-24-23-18-9-5-2-6-12-26(18)19/h1,3-4,7-8,13,15H,2,5-6,9-12,14H2,(H,21,27). The molecule has 2 aromatic heterocycles. The quantitative estimate of drug-likeness (QED) is 0.727. The summed E-state index contributed by atoms with van der Waals surface area (Å²) in [5, 5.41) is 15.9. The number of benzene rings is 1. The number of aromatic nitrogens is 5. The summed E-state index contributed by atoms with van der Waals surface area (Å²) < 4.78 is 4.00. The molecule has 1 aliphatic rings. The van der Waals surface area contributed by atoms with Gasteiger partial charge < -0.3 is 9.88 Å². The van der Waals surface area contributed by atoms with Gasteiger partial charge in [-0.3, -0.25) is 9.48 Å². The van der Waals surface area contributed by atoms with E-state index in [1.54, 1.807) is 17.1 Å². The monoisotopic (exact) mass is 364 g/mol. The number of carbonyl (C=O) groups is 1. The maximum atomic E-state index is 12.4. The second-order valence-electron chi connectivity index (χ2n) is 6.91. The van der Waals surface area contributed by atoms with Crippen LogP contribution in [0.25, 0.3) is 0 Å². The first-order valence-corrected chi connectivity index (χ1v) is 9.55. The topological polar surface area (TPSA) is 77.6 Å². The minimum atomic E-state index is -0.107. The molecule has 4 rings (SSSR count). The van der Waals surface area contributed by atoms with Gasteiger partial charge in [0.25, 0.3) is 5.91 Å². The molecule has 0 aliphatic carbocycles. The van der Waals surface area contributed by atoms with E-state index in [1.807, 2.05) is 30.3 Å². The largest absolute Gasteiger partial charge is 0.351 e. The van der Waals surface area contributed by atoms with E-state index in [1.165, 1.54) is 19.3 Å². The molecule has 1 amide bonds. The fourth-order valence-electron chi connectivity index (χ4n) is 3.46. The summed E-state index contributed by atoms with van der Waals surface area (Å²) in [7, 11) is 0. The molecule has 7 heteroatoms. The second kappa shape index (κ2) is 8.16. The van der Waals surface area contributed by atoms with Crippen LogP contribution in [0.3, 0.4) is 0 Å². The Hall–Kier alpha value is -2.96. The number of rotatable bonds is 6. The smallest absolute Gasteiger partial charge is 0.254 e. The first-order valence-electron chi connectivity index (χ1n) is 9.55. The van der Waals surface area contributed by atoms with Gasteiger partial charge in [-0.05, 0) is 18.4 Å². The Labute approximate surface area is 158 Å². The average molecular weight is 364 g/mol. The van der Waals surface area contributed by atoms with Crippen LogP contribution in [0.15, 0.2) is 42.7 Å². The van der Waals surface area contributed by atoms with Gasteiger partial charge in [-0.1, -0.05) is 36.8 Å². The van der Waals surface area contributed by atoms with Gasteiger partial charge in [-0.15, -0.1) is 10.2 Å². The molecule has 0 saturated carbocycles. The molecule has 1 N–H and O–H groups in total. The Balaban J connectivity index is 1.31. The maximum Gasteiger partial charge on any atom is 0.254 e. The SMILES string of the molecule is O=C(NCCc1nnc2n1CCCCC2)c1cnn(Cc2ccccc2)c1. The fraction of sp³-hybridized carbons (Fsp3) is 0.400. The molecule has 0 saturated heterocycles. The molecule has 0 bridgehead atoms. The van der Waals surface area contributed by atoms with E-state index in [9.17, 15) is 4.79 Å². The van der Waals surface area contributed by atoms with Crippen molar-refractivity contribution in [1.82, 2.24) is 29.9 Å². The zero-order valence-corrected chi connectivity index (χ0v) is 15.3. The molecule has 0 fully saturated rings. The van der Waals surface area contributed by atoms with Gasteiger partial charge in [0.1, 0.15) is 11.6 Å². The maximum absolute atomic E-state index is 12.4. The van der Waals surface area contributed by atoms with E-state index in [0.717, 1.165) is 30.2 Å². The van der Waals surface area contributed by atoms with Crippen molar-refractivity contribution >= 4 is 5.91 Å². The molecule has 140 valence electrons. The predicted octanol–water partition coefficient (Wildman–Crippen LogP) is 2.22. The van der Waals surface area contributed by atoms with Crippen LogP contribution in [0.1, 0.15) is 46.8 Å². The van der Waals surface area contributed by atoms with Crippen LogP contribution in [0.2, 0.25) is 0 Å². The molecular weight excluding hydrogens is 340 g/mol. The molecule has 1 aromatic carbocycles. The number of nitrogens with zero attached hydrogens (tertiary/aromatic N) is 5. The van der Waals surface area contributed by atoms with Gasteiger partial charge in [-0.25, -0.2) is 0 Å². The van der Waals surface area contributed by atoms with Gasteiger partial charge in [0.15, 0.2) is 0 Å². The van der Waals surface area contributed by atoms with Crippen LogP contribution in [-0.2, 0) is 25.9 Å². The Kier molecular flexibility index (Phi) is 5.27. The van der Waals surface area contributed by atoms with Crippen LogP contribution < -0.4 is 5.32 Å². The van der Waals surface area contributed by atoms with Crippen molar-refractivity contribution in [3.8, 4) is 0 Å². The van der Waals surface area contributed by atoms with Crippen molar-refractivity contribution in [2.45, 2.75) is 45.2 Å².